The Balaban J connectivity index is 2.30. The van der Waals surface area contributed by atoms with Crippen LogP contribution in [0.2, 0.25) is 0 Å². The third-order valence-electron chi connectivity index (χ3n) is 5.40. The van der Waals surface area contributed by atoms with Gasteiger partial charge in [-0.2, -0.15) is 13.2 Å². The van der Waals surface area contributed by atoms with E-state index < -0.39 is 35.7 Å². The molecule has 2 N–H and O–H groups in total. The molecule has 3 rings (SSSR count). The first-order valence-corrected chi connectivity index (χ1v) is 10.1. The molecular formula is C20H21F3N2O6S. The molecule has 1 aromatic heterocycles. The number of urea groups is 1. The Morgan fingerprint density at radius 3 is 2.25 bits per heavy atom. The number of hydrogen-bond acceptors (Lipinski definition) is 7. The van der Waals surface area contributed by atoms with Crippen molar-refractivity contribution in [3.05, 3.63) is 40.1 Å². The third-order valence-corrected chi connectivity index (χ3v) is 6.28. The summed E-state index contributed by atoms with van der Waals surface area (Å²) in [4.78, 5) is 25.9. The summed E-state index contributed by atoms with van der Waals surface area (Å²) in [7, 11) is 4.73. The third kappa shape index (κ3) is 3.62. The van der Waals surface area contributed by atoms with Crippen LogP contribution in [0.4, 0.5) is 18.0 Å². The Labute approximate surface area is 185 Å². The van der Waals surface area contributed by atoms with Crippen molar-refractivity contribution < 1.29 is 42.1 Å². The monoisotopic (exact) mass is 474 g/mol. The second-order valence-electron chi connectivity index (χ2n) is 6.98. The minimum absolute atomic E-state index is 0.00387. The quantitative estimate of drug-likeness (QED) is 0.624. The second-order valence-corrected chi connectivity index (χ2v) is 7.93. The van der Waals surface area contributed by atoms with Gasteiger partial charge in [0.15, 0.2) is 17.3 Å². The summed E-state index contributed by atoms with van der Waals surface area (Å²) in [5, 5.41) is 14.9. The number of methoxy groups -OCH3 is 3. The van der Waals surface area contributed by atoms with Crippen molar-refractivity contribution in [1.82, 2.24) is 10.2 Å². The first-order chi connectivity index (χ1) is 15.0. The SMILES string of the molecule is COc1cc(OC)c([C@@H]2NC(=O)N(C)[C@](O)(C(F)(F)F)[C@H]2C(=O)c2cccs2)cc1OC. The van der Waals surface area contributed by atoms with E-state index in [0.717, 1.165) is 18.4 Å². The molecule has 2 amide bonds. The van der Waals surface area contributed by atoms with Crippen LogP contribution in [-0.4, -0.2) is 62.1 Å². The molecule has 3 atom stereocenters. The van der Waals surface area contributed by atoms with Gasteiger partial charge in [0.2, 0.25) is 0 Å². The summed E-state index contributed by atoms with van der Waals surface area (Å²) in [6.45, 7) is 0. The van der Waals surface area contributed by atoms with Gasteiger partial charge in [-0.15, -0.1) is 11.3 Å². The number of Topliss-reactive ketones (excluding diaryl/α,β-unsaturated/α-hetero) is 1. The molecule has 12 heteroatoms. The molecule has 0 saturated carbocycles. The second kappa shape index (κ2) is 8.51. The number of amides is 2. The van der Waals surface area contributed by atoms with Crippen molar-refractivity contribution in [2.75, 3.05) is 28.4 Å². The predicted octanol–water partition coefficient (Wildman–Crippen LogP) is 3.22. The van der Waals surface area contributed by atoms with Gasteiger partial charge in [-0.3, -0.25) is 9.69 Å². The summed E-state index contributed by atoms with van der Waals surface area (Å²) in [5.74, 6) is -2.76. The Morgan fingerprint density at radius 1 is 1.16 bits per heavy atom. The molecule has 1 fully saturated rings. The zero-order valence-corrected chi connectivity index (χ0v) is 18.3. The minimum atomic E-state index is -5.35. The van der Waals surface area contributed by atoms with Crippen LogP contribution in [0, 0.1) is 5.92 Å². The topological polar surface area (TPSA) is 97.3 Å². The maximum Gasteiger partial charge on any atom is 0.437 e. The molecule has 0 radical (unpaired) electrons. The van der Waals surface area contributed by atoms with Crippen LogP contribution in [0.5, 0.6) is 17.2 Å². The van der Waals surface area contributed by atoms with Gasteiger partial charge in [0, 0.05) is 18.7 Å². The van der Waals surface area contributed by atoms with Gasteiger partial charge in [0.05, 0.1) is 32.2 Å². The van der Waals surface area contributed by atoms with E-state index in [0.29, 0.717) is 0 Å². The Kier molecular flexibility index (Phi) is 6.29. The maximum atomic E-state index is 14.2. The number of carbonyl (C=O) groups excluding carboxylic acids is 2. The van der Waals surface area contributed by atoms with Crippen molar-refractivity contribution in [2.45, 2.75) is 17.9 Å². The lowest BCUT2D eigenvalue weighted by atomic mass is 9.77. The first-order valence-electron chi connectivity index (χ1n) is 9.22. The number of ether oxygens (including phenoxy) is 3. The highest BCUT2D eigenvalue weighted by Crippen LogP contribution is 2.50. The highest BCUT2D eigenvalue weighted by Gasteiger charge is 2.69. The number of halogens is 3. The first kappa shape index (κ1) is 23.7. The van der Waals surface area contributed by atoms with Crippen molar-refractivity contribution >= 4 is 23.2 Å². The number of alkyl halides is 3. The van der Waals surface area contributed by atoms with Crippen LogP contribution in [0.15, 0.2) is 29.6 Å². The molecule has 174 valence electrons. The number of thiophene rings is 1. The molecule has 0 unspecified atom stereocenters. The fourth-order valence-electron chi connectivity index (χ4n) is 3.73. The van der Waals surface area contributed by atoms with Crippen LogP contribution >= 0.6 is 11.3 Å². The standard InChI is InChI=1S/C20H21F3N2O6S/c1-25-18(27)24-16(10-8-12(30-3)13(31-4)9-11(10)29-2)15(19(25,28)20(21,22)23)17(26)14-6-5-7-32-14/h5-9,15-16,28H,1-4H3,(H,24,27)/t15-,16+,19-/m1/s1. The van der Waals surface area contributed by atoms with Crippen molar-refractivity contribution in [3.8, 4) is 17.2 Å². The van der Waals surface area contributed by atoms with Crippen LogP contribution in [0.1, 0.15) is 21.3 Å². The Morgan fingerprint density at radius 2 is 1.75 bits per heavy atom. The molecule has 0 bridgehead atoms. The summed E-state index contributed by atoms with van der Waals surface area (Å²) < 4.78 is 58.4. The number of hydrogen-bond donors (Lipinski definition) is 2. The largest absolute Gasteiger partial charge is 0.496 e. The smallest absolute Gasteiger partial charge is 0.437 e. The number of rotatable bonds is 6. The molecule has 2 aromatic rings. The molecule has 0 aliphatic carbocycles. The molecule has 8 nitrogen and oxygen atoms in total. The number of ketones is 1. The van der Waals surface area contributed by atoms with E-state index in [9.17, 15) is 27.9 Å². The van der Waals surface area contributed by atoms with E-state index in [1.165, 1.54) is 51.0 Å². The van der Waals surface area contributed by atoms with Gasteiger partial charge in [0.25, 0.3) is 5.72 Å². The highest BCUT2D eigenvalue weighted by atomic mass is 32.1. The fraction of sp³-hybridized carbons (Fsp3) is 0.400. The predicted molar refractivity (Wildman–Crippen MR) is 108 cm³/mol. The van der Waals surface area contributed by atoms with Gasteiger partial charge in [0.1, 0.15) is 11.7 Å². The molecule has 1 aromatic carbocycles. The Bertz CT molecular complexity index is 1010. The van der Waals surface area contributed by atoms with E-state index >= 15 is 0 Å². The Hall–Kier alpha value is -2.99. The van der Waals surface area contributed by atoms with Crippen LogP contribution in [0.25, 0.3) is 0 Å². The molecule has 32 heavy (non-hydrogen) atoms. The van der Waals surface area contributed by atoms with Crippen LogP contribution in [0.3, 0.4) is 0 Å². The van der Waals surface area contributed by atoms with E-state index in [-0.39, 0.29) is 32.6 Å². The van der Waals surface area contributed by atoms with Crippen molar-refractivity contribution in [3.63, 3.8) is 0 Å². The summed E-state index contributed by atoms with van der Waals surface area (Å²) >= 11 is 0.924. The number of benzene rings is 1. The van der Waals surface area contributed by atoms with Gasteiger partial charge in [-0.05, 0) is 17.5 Å². The average molecular weight is 474 g/mol. The molecule has 2 heterocycles. The highest BCUT2D eigenvalue weighted by molar-refractivity contribution is 7.12. The van der Waals surface area contributed by atoms with E-state index in [1.807, 2.05) is 0 Å². The average Bonchev–Trinajstić information content (AvgIpc) is 3.30. The zero-order chi connectivity index (χ0) is 23.8. The maximum absolute atomic E-state index is 14.2. The molecule has 1 aliphatic heterocycles. The van der Waals surface area contributed by atoms with Crippen LogP contribution in [-0.2, 0) is 0 Å². The van der Waals surface area contributed by atoms with Crippen molar-refractivity contribution in [1.29, 1.82) is 0 Å². The fourth-order valence-corrected chi connectivity index (χ4v) is 4.44. The zero-order valence-electron chi connectivity index (χ0n) is 17.5. The lowest BCUT2D eigenvalue weighted by Crippen LogP contribution is -2.72. The molecule has 1 saturated heterocycles. The molecule has 1 aliphatic rings. The van der Waals surface area contributed by atoms with Gasteiger partial charge in [-0.25, -0.2) is 4.79 Å². The molecular weight excluding hydrogens is 453 g/mol. The number of nitrogens with one attached hydrogen (secondary N) is 1. The lowest BCUT2D eigenvalue weighted by Gasteiger charge is -2.49. The number of carbonyl (C=O) groups is 2. The summed E-state index contributed by atoms with van der Waals surface area (Å²) in [5.41, 5.74) is -3.79. The summed E-state index contributed by atoms with van der Waals surface area (Å²) in [6, 6.07) is 2.69. The van der Waals surface area contributed by atoms with E-state index in [4.69, 9.17) is 14.2 Å². The van der Waals surface area contributed by atoms with Gasteiger partial charge >= 0.3 is 12.2 Å². The number of aliphatic hydroxyl groups is 1. The van der Waals surface area contributed by atoms with E-state index in [2.05, 4.69) is 5.32 Å². The van der Waals surface area contributed by atoms with Gasteiger partial charge in [-0.1, -0.05) is 6.07 Å². The van der Waals surface area contributed by atoms with E-state index in [1.54, 1.807) is 0 Å². The minimum Gasteiger partial charge on any atom is -0.496 e. The lowest BCUT2D eigenvalue weighted by molar-refractivity contribution is -0.322. The molecule has 0 spiro atoms. The van der Waals surface area contributed by atoms with Gasteiger partial charge < -0.3 is 24.6 Å². The van der Waals surface area contributed by atoms with Crippen LogP contribution < -0.4 is 19.5 Å². The number of nitrogens with zero attached hydrogens (tertiary/aromatic N) is 1. The summed E-state index contributed by atoms with van der Waals surface area (Å²) in [6.07, 6.45) is -5.35. The normalized spacial score (nSPS) is 23.5. The van der Waals surface area contributed by atoms with Crippen molar-refractivity contribution in [2.24, 2.45) is 5.92 Å².